The number of hydrogen-bond donors (Lipinski definition) is 2. The maximum Gasteiger partial charge on any atom is 0.276 e. The highest BCUT2D eigenvalue weighted by atomic mass is 16.2. The van der Waals surface area contributed by atoms with Crippen LogP contribution in [0.4, 0.5) is 11.4 Å². The fourth-order valence-corrected chi connectivity index (χ4v) is 1.51. The van der Waals surface area contributed by atoms with Crippen LogP contribution < -0.4 is 11.1 Å². The molecule has 2 aromatic rings. The summed E-state index contributed by atoms with van der Waals surface area (Å²) in [4.78, 5) is 15.9. The summed E-state index contributed by atoms with van der Waals surface area (Å²) < 4.78 is 1.44. The molecule has 0 saturated heterocycles. The third-order valence-electron chi connectivity index (χ3n) is 2.47. The van der Waals surface area contributed by atoms with Crippen molar-refractivity contribution in [3.05, 3.63) is 35.9 Å². The van der Waals surface area contributed by atoms with E-state index >= 15 is 0 Å². The number of aromatic nitrogens is 3. The molecule has 2 rings (SSSR count). The van der Waals surface area contributed by atoms with Crippen molar-refractivity contribution < 1.29 is 4.79 Å². The Labute approximate surface area is 98.5 Å². The predicted octanol–water partition coefficient (Wildman–Crippen LogP) is 0.958. The lowest BCUT2D eigenvalue weighted by Gasteiger charge is -2.08. The van der Waals surface area contributed by atoms with Gasteiger partial charge < -0.3 is 11.1 Å². The van der Waals surface area contributed by atoms with E-state index in [9.17, 15) is 4.79 Å². The van der Waals surface area contributed by atoms with Gasteiger partial charge in [-0.1, -0.05) is 0 Å². The van der Waals surface area contributed by atoms with Crippen molar-refractivity contribution >= 4 is 17.3 Å². The molecule has 0 aliphatic rings. The highest BCUT2D eigenvalue weighted by Crippen LogP contribution is 2.15. The molecule has 0 saturated carbocycles. The fourth-order valence-electron chi connectivity index (χ4n) is 1.51. The number of hydrogen-bond acceptors (Lipinski definition) is 4. The molecule has 6 nitrogen and oxygen atoms in total. The van der Waals surface area contributed by atoms with Crippen molar-refractivity contribution in [2.45, 2.75) is 6.92 Å². The van der Waals surface area contributed by atoms with Crippen LogP contribution in [0.5, 0.6) is 0 Å². The highest BCUT2D eigenvalue weighted by Gasteiger charge is 2.15. The van der Waals surface area contributed by atoms with E-state index in [1.54, 1.807) is 19.4 Å². The van der Waals surface area contributed by atoms with Gasteiger partial charge in [0.05, 0.1) is 23.8 Å². The molecular formula is C11H13N5O. The first-order chi connectivity index (χ1) is 8.09. The number of nitrogens with two attached hydrogens (primary N) is 1. The van der Waals surface area contributed by atoms with Crippen molar-refractivity contribution in [1.29, 1.82) is 0 Å². The second kappa shape index (κ2) is 4.25. The van der Waals surface area contributed by atoms with E-state index in [1.807, 2.05) is 13.0 Å². The quantitative estimate of drug-likeness (QED) is 0.806. The lowest BCUT2D eigenvalue weighted by molar-refractivity contribution is 0.101. The summed E-state index contributed by atoms with van der Waals surface area (Å²) in [5, 5.41) is 6.67. The molecule has 3 N–H and O–H groups in total. The van der Waals surface area contributed by atoms with Crippen LogP contribution in [0.3, 0.4) is 0 Å². The maximum absolute atomic E-state index is 12.0. The van der Waals surface area contributed by atoms with Gasteiger partial charge in [0.1, 0.15) is 5.69 Å². The van der Waals surface area contributed by atoms with E-state index in [0.717, 1.165) is 5.56 Å². The minimum atomic E-state index is -0.293. The van der Waals surface area contributed by atoms with E-state index in [-0.39, 0.29) is 5.91 Å². The number of aryl methyl sites for hydroxylation is 2. The number of nitrogens with zero attached hydrogens (tertiary/aromatic N) is 3. The molecule has 6 heteroatoms. The molecular weight excluding hydrogens is 218 g/mol. The molecule has 1 amide bonds. The van der Waals surface area contributed by atoms with Crippen molar-refractivity contribution in [3.8, 4) is 0 Å². The molecule has 0 atom stereocenters. The summed E-state index contributed by atoms with van der Waals surface area (Å²) >= 11 is 0. The van der Waals surface area contributed by atoms with Gasteiger partial charge in [-0.15, -0.1) is 0 Å². The maximum atomic E-state index is 12.0. The van der Waals surface area contributed by atoms with Crippen LogP contribution in [0.15, 0.2) is 24.7 Å². The third kappa shape index (κ3) is 2.10. The normalized spacial score (nSPS) is 10.2. The molecule has 2 heterocycles. The van der Waals surface area contributed by atoms with Crippen molar-refractivity contribution in [1.82, 2.24) is 14.8 Å². The van der Waals surface area contributed by atoms with Gasteiger partial charge in [0.15, 0.2) is 0 Å². The van der Waals surface area contributed by atoms with Crippen molar-refractivity contribution in [3.63, 3.8) is 0 Å². The summed E-state index contributed by atoms with van der Waals surface area (Å²) in [6.45, 7) is 1.89. The number of amides is 1. The van der Waals surface area contributed by atoms with Gasteiger partial charge >= 0.3 is 0 Å². The van der Waals surface area contributed by atoms with E-state index in [1.165, 1.54) is 10.9 Å². The Kier molecular flexibility index (Phi) is 2.78. The topological polar surface area (TPSA) is 85.8 Å². The summed E-state index contributed by atoms with van der Waals surface area (Å²) in [5.74, 6) is -0.293. The van der Waals surface area contributed by atoms with E-state index in [0.29, 0.717) is 17.1 Å². The molecule has 88 valence electrons. The molecule has 0 aliphatic heterocycles. The van der Waals surface area contributed by atoms with Gasteiger partial charge in [-0.3, -0.25) is 14.5 Å². The van der Waals surface area contributed by atoms with Crippen molar-refractivity contribution in [2.24, 2.45) is 7.05 Å². The molecule has 0 fully saturated rings. The van der Waals surface area contributed by atoms with Crippen LogP contribution in [0, 0.1) is 6.92 Å². The fraction of sp³-hybridized carbons (Fsp3) is 0.182. The van der Waals surface area contributed by atoms with Crippen LogP contribution in [0.2, 0.25) is 0 Å². The zero-order valence-electron chi connectivity index (χ0n) is 9.64. The molecule has 0 spiro atoms. The summed E-state index contributed by atoms with van der Waals surface area (Å²) in [6, 6.07) is 1.82. The molecule has 17 heavy (non-hydrogen) atoms. The average molecular weight is 231 g/mol. The Balaban J connectivity index is 2.27. The van der Waals surface area contributed by atoms with Crippen LogP contribution in [0.25, 0.3) is 0 Å². The standard InChI is InChI=1S/C11H13N5O/c1-7-3-4-13-6-9(7)15-11(17)10-8(12)5-14-16(10)2/h3-6H,12H2,1-2H3,(H,15,17). The van der Waals surface area contributed by atoms with E-state index in [2.05, 4.69) is 15.4 Å². The number of pyridine rings is 1. The average Bonchev–Trinajstić information content (AvgIpc) is 2.62. The number of rotatable bonds is 2. The number of carbonyl (C=O) groups excluding carboxylic acids is 1. The number of nitrogens with one attached hydrogen (secondary N) is 1. The Hall–Kier alpha value is -2.37. The number of nitrogen functional groups attached to an aromatic ring is 1. The largest absolute Gasteiger partial charge is 0.396 e. The first-order valence-electron chi connectivity index (χ1n) is 5.09. The molecule has 2 aromatic heterocycles. The lowest BCUT2D eigenvalue weighted by atomic mass is 10.2. The smallest absolute Gasteiger partial charge is 0.276 e. The van der Waals surface area contributed by atoms with E-state index < -0.39 is 0 Å². The van der Waals surface area contributed by atoms with Gasteiger partial charge in [-0.2, -0.15) is 5.10 Å². The minimum absolute atomic E-state index is 0.293. The van der Waals surface area contributed by atoms with Crippen LogP contribution >= 0.6 is 0 Å². The molecule has 0 radical (unpaired) electrons. The zero-order chi connectivity index (χ0) is 12.4. The van der Waals surface area contributed by atoms with Crippen molar-refractivity contribution in [2.75, 3.05) is 11.1 Å². The first-order valence-corrected chi connectivity index (χ1v) is 5.09. The highest BCUT2D eigenvalue weighted by molar-refractivity contribution is 6.06. The van der Waals surface area contributed by atoms with Gasteiger partial charge in [-0.05, 0) is 18.6 Å². The van der Waals surface area contributed by atoms with Crippen LogP contribution in [0.1, 0.15) is 16.1 Å². The molecule has 0 bridgehead atoms. The van der Waals surface area contributed by atoms with Crippen LogP contribution in [-0.2, 0) is 7.05 Å². The summed E-state index contributed by atoms with van der Waals surface area (Å²) in [7, 11) is 1.67. The predicted molar refractivity (Wildman–Crippen MR) is 64.5 cm³/mol. The van der Waals surface area contributed by atoms with E-state index in [4.69, 9.17) is 5.73 Å². The minimum Gasteiger partial charge on any atom is -0.396 e. The molecule has 0 unspecified atom stereocenters. The van der Waals surface area contributed by atoms with Gasteiger partial charge in [0, 0.05) is 13.2 Å². The molecule has 0 aliphatic carbocycles. The Morgan fingerprint density at radius 1 is 1.47 bits per heavy atom. The Morgan fingerprint density at radius 3 is 2.82 bits per heavy atom. The third-order valence-corrected chi connectivity index (χ3v) is 2.47. The number of carbonyl (C=O) groups is 1. The molecule has 0 aromatic carbocycles. The van der Waals surface area contributed by atoms with Crippen LogP contribution in [-0.4, -0.2) is 20.7 Å². The Morgan fingerprint density at radius 2 is 2.24 bits per heavy atom. The van der Waals surface area contributed by atoms with Gasteiger partial charge in [-0.25, -0.2) is 0 Å². The van der Waals surface area contributed by atoms with Gasteiger partial charge in [0.2, 0.25) is 0 Å². The SMILES string of the molecule is Cc1ccncc1NC(=O)c1c(N)cnn1C. The number of anilines is 2. The lowest BCUT2D eigenvalue weighted by Crippen LogP contribution is -2.18. The second-order valence-electron chi connectivity index (χ2n) is 3.72. The van der Waals surface area contributed by atoms with Gasteiger partial charge in [0.25, 0.3) is 5.91 Å². The first kappa shape index (κ1) is 11.1. The second-order valence-corrected chi connectivity index (χ2v) is 3.72. The summed E-state index contributed by atoms with van der Waals surface area (Å²) in [6.07, 6.45) is 4.72. The Bertz CT molecular complexity index is 541. The zero-order valence-corrected chi connectivity index (χ0v) is 9.64. The summed E-state index contributed by atoms with van der Waals surface area (Å²) in [5.41, 5.74) is 7.97. The monoisotopic (exact) mass is 231 g/mol.